The molecule has 0 radical (unpaired) electrons. The van der Waals surface area contributed by atoms with E-state index in [1.807, 2.05) is 49.4 Å². The van der Waals surface area contributed by atoms with E-state index in [4.69, 9.17) is 4.74 Å². The van der Waals surface area contributed by atoms with Gasteiger partial charge in [-0.2, -0.15) is 9.78 Å². The summed E-state index contributed by atoms with van der Waals surface area (Å²) in [4.78, 5) is 21.1. The van der Waals surface area contributed by atoms with Crippen LogP contribution in [0.5, 0.6) is 5.75 Å². The molecule has 1 aliphatic heterocycles. The number of carbonyl (C=O) groups excluding carboxylic acids is 1. The van der Waals surface area contributed by atoms with E-state index >= 15 is 0 Å². The lowest BCUT2D eigenvalue weighted by Crippen LogP contribution is -2.25. The van der Waals surface area contributed by atoms with Gasteiger partial charge >= 0.3 is 0 Å². The monoisotopic (exact) mass is 425 g/mol. The molecule has 32 heavy (non-hydrogen) atoms. The van der Waals surface area contributed by atoms with Crippen molar-refractivity contribution in [2.75, 3.05) is 11.9 Å². The van der Waals surface area contributed by atoms with Crippen molar-refractivity contribution in [3.63, 3.8) is 0 Å². The minimum atomic E-state index is -0.0884. The van der Waals surface area contributed by atoms with Gasteiger partial charge in [-0.15, -0.1) is 0 Å². The predicted octanol–water partition coefficient (Wildman–Crippen LogP) is 4.07. The van der Waals surface area contributed by atoms with Crippen molar-refractivity contribution in [1.82, 2.24) is 19.7 Å². The minimum absolute atomic E-state index is 0.0530. The lowest BCUT2D eigenvalue weighted by Gasteiger charge is -2.24. The molecule has 0 fully saturated rings. The molecule has 0 aliphatic carbocycles. The zero-order valence-corrected chi connectivity index (χ0v) is 17.7. The van der Waals surface area contributed by atoms with Crippen molar-refractivity contribution >= 4 is 11.7 Å². The molecule has 4 aromatic rings. The first-order valence-corrected chi connectivity index (χ1v) is 10.6. The fourth-order valence-electron chi connectivity index (χ4n) is 4.10. The van der Waals surface area contributed by atoms with Crippen molar-refractivity contribution in [2.24, 2.45) is 0 Å². The number of aromatic nitrogens is 4. The molecule has 0 saturated carbocycles. The summed E-state index contributed by atoms with van der Waals surface area (Å²) in [6, 6.07) is 20.0. The Morgan fingerprint density at radius 1 is 1.03 bits per heavy atom. The molecular weight excluding hydrogens is 402 g/mol. The van der Waals surface area contributed by atoms with Gasteiger partial charge in [-0.25, -0.2) is 9.97 Å². The molecule has 7 heteroatoms. The average Bonchev–Trinajstić information content (AvgIpc) is 3.16. The van der Waals surface area contributed by atoms with Gasteiger partial charge in [0.2, 0.25) is 5.91 Å². The number of nitrogens with zero attached hydrogens (tertiary/aromatic N) is 4. The molecule has 0 saturated heterocycles. The molecule has 0 spiro atoms. The highest BCUT2D eigenvalue weighted by Gasteiger charge is 2.33. The molecular formula is C25H23N5O2. The van der Waals surface area contributed by atoms with Gasteiger partial charge < -0.3 is 10.1 Å². The Kier molecular flexibility index (Phi) is 5.37. The third-order valence-corrected chi connectivity index (χ3v) is 5.63. The number of hydrogen-bond donors (Lipinski definition) is 1. The summed E-state index contributed by atoms with van der Waals surface area (Å²) >= 11 is 0. The number of aryl methyl sites for hydroxylation is 1. The molecule has 2 aromatic carbocycles. The van der Waals surface area contributed by atoms with Crippen LogP contribution < -0.4 is 10.1 Å². The van der Waals surface area contributed by atoms with Crippen molar-refractivity contribution in [3.05, 3.63) is 95.4 Å². The van der Waals surface area contributed by atoms with Crippen LogP contribution in [-0.2, 0) is 11.2 Å². The Balaban J connectivity index is 1.37. The fraction of sp³-hybridized carbons (Fsp3) is 0.200. The van der Waals surface area contributed by atoms with Gasteiger partial charge in [-0.3, -0.25) is 4.79 Å². The highest BCUT2D eigenvalue weighted by atomic mass is 16.5. The van der Waals surface area contributed by atoms with Crippen LogP contribution in [0.25, 0.3) is 5.95 Å². The number of ether oxygens (including phenoxy) is 1. The molecule has 160 valence electrons. The van der Waals surface area contributed by atoms with Crippen molar-refractivity contribution in [3.8, 4) is 11.7 Å². The van der Waals surface area contributed by atoms with Crippen LogP contribution in [0.15, 0.2) is 73.1 Å². The molecule has 1 N–H and O–H groups in total. The average molecular weight is 425 g/mol. The minimum Gasteiger partial charge on any atom is -0.493 e. The van der Waals surface area contributed by atoms with E-state index in [0.717, 1.165) is 29.0 Å². The van der Waals surface area contributed by atoms with Gasteiger partial charge in [-0.1, -0.05) is 42.5 Å². The Morgan fingerprint density at radius 2 is 1.78 bits per heavy atom. The number of amides is 1. The van der Waals surface area contributed by atoms with Gasteiger partial charge in [0.1, 0.15) is 11.6 Å². The van der Waals surface area contributed by atoms with Crippen molar-refractivity contribution in [1.29, 1.82) is 0 Å². The Bertz CT molecular complexity index is 1220. The quantitative estimate of drug-likeness (QED) is 0.504. The maximum atomic E-state index is 12.5. The van der Waals surface area contributed by atoms with E-state index in [2.05, 4.69) is 32.5 Å². The topological polar surface area (TPSA) is 81.9 Å². The van der Waals surface area contributed by atoms with Crippen LogP contribution in [0.2, 0.25) is 0 Å². The Hall–Kier alpha value is -4.00. The Morgan fingerprint density at radius 3 is 2.53 bits per heavy atom. The number of anilines is 1. The second kappa shape index (κ2) is 8.63. The Labute approximate surface area is 186 Å². The summed E-state index contributed by atoms with van der Waals surface area (Å²) in [5.41, 5.74) is 4.14. The first kappa shape index (κ1) is 19.9. The molecule has 1 aliphatic rings. The number of hydrogen-bond acceptors (Lipinski definition) is 5. The largest absolute Gasteiger partial charge is 0.493 e. The number of nitrogens with one attached hydrogen (secondary N) is 1. The lowest BCUT2D eigenvalue weighted by atomic mass is 9.86. The van der Waals surface area contributed by atoms with E-state index in [-0.39, 0.29) is 11.8 Å². The normalized spacial score (nSPS) is 15.2. The maximum absolute atomic E-state index is 12.5. The maximum Gasteiger partial charge on any atom is 0.252 e. The van der Waals surface area contributed by atoms with E-state index in [1.165, 1.54) is 5.56 Å². The number of fused-ring (bicyclic) bond motifs is 1. The summed E-state index contributed by atoms with van der Waals surface area (Å²) in [5, 5.41) is 7.57. The molecule has 5 rings (SSSR count). The summed E-state index contributed by atoms with van der Waals surface area (Å²) in [6.07, 6.45) is 4.53. The summed E-state index contributed by atoms with van der Waals surface area (Å²) in [5.74, 6) is 1.74. The lowest BCUT2D eigenvalue weighted by molar-refractivity contribution is -0.116. The van der Waals surface area contributed by atoms with Gasteiger partial charge in [0.05, 0.1) is 12.3 Å². The van der Waals surface area contributed by atoms with Gasteiger partial charge in [-0.05, 0) is 36.2 Å². The number of rotatable bonds is 6. The predicted molar refractivity (Wildman–Crippen MR) is 121 cm³/mol. The third kappa shape index (κ3) is 3.97. The second-order valence-electron chi connectivity index (χ2n) is 7.77. The smallest absolute Gasteiger partial charge is 0.252 e. The SMILES string of the molecule is Cc1nn(-c2ncccn2)c2c1[C@H](c1ccc(OCCc3ccccc3)cc1)CC(=O)N2. The summed E-state index contributed by atoms with van der Waals surface area (Å²) in [7, 11) is 0. The molecule has 2 aromatic heterocycles. The summed E-state index contributed by atoms with van der Waals surface area (Å²) in [6.45, 7) is 2.56. The van der Waals surface area contributed by atoms with Gasteiger partial charge in [0.25, 0.3) is 5.95 Å². The molecule has 7 nitrogen and oxygen atoms in total. The van der Waals surface area contributed by atoms with Crippen LogP contribution >= 0.6 is 0 Å². The standard InChI is InChI=1S/C25H23N5O2/c1-17-23-21(16-22(31)28-24(23)30(29-17)25-26-13-5-14-27-25)19-8-10-20(11-9-19)32-15-12-18-6-3-2-4-7-18/h2-11,13-14,21H,12,15-16H2,1H3,(H,28,31)/t21-/m0/s1. The van der Waals surface area contributed by atoms with Crippen LogP contribution in [0, 0.1) is 6.92 Å². The van der Waals surface area contributed by atoms with Crippen LogP contribution in [0.3, 0.4) is 0 Å². The van der Waals surface area contributed by atoms with E-state index in [0.29, 0.717) is 24.8 Å². The van der Waals surface area contributed by atoms with E-state index in [1.54, 1.807) is 23.1 Å². The number of carbonyl (C=O) groups is 1. The van der Waals surface area contributed by atoms with Crippen LogP contribution in [0.1, 0.15) is 34.7 Å². The first-order valence-electron chi connectivity index (χ1n) is 10.6. The summed E-state index contributed by atoms with van der Waals surface area (Å²) < 4.78 is 7.52. The highest BCUT2D eigenvalue weighted by molar-refractivity contribution is 5.95. The molecule has 1 atom stereocenters. The zero-order valence-electron chi connectivity index (χ0n) is 17.7. The number of benzene rings is 2. The van der Waals surface area contributed by atoms with Gasteiger partial charge in [0.15, 0.2) is 0 Å². The van der Waals surface area contributed by atoms with Crippen LogP contribution in [0.4, 0.5) is 5.82 Å². The van der Waals surface area contributed by atoms with Gasteiger partial charge in [0, 0.05) is 36.7 Å². The van der Waals surface area contributed by atoms with Crippen LogP contribution in [-0.4, -0.2) is 32.3 Å². The third-order valence-electron chi connectivity index (χ3n) is 5.63. The highest BCUT2D eigenvalue weighted by Crippen LogP contribution is 2.40. The van der Waals surface area contributed by atoms with Crippen molar-refractivity contribution < 1.29 is 9.53 Å². The van der Waals surface area contributed by atoms with E-state index < -0.39 is 0 Å². The second-order valence-corrected chi connectivity index (χ2v) is 7.77. The molecule has 3 heterocycles. The molecule has 0 bridgehead atoms. The molecule has 0 unspecified atom stereocenters. The fourth-order valence-corrected chi connectivity index (χ4v) is 4.10. The molecule has 1 amide bonds. The van der Waals surface area contributed by atoms with Crippen molar-refractivity contribution in [2.45, 2.75) is 25.7 Å². The zero-order chi connectivity index (χ0) is 21.9. The van der Waals surface area contributed by atoms with E-state index in [9.17, 15) is 4.79 Å². The first-order chi connectivity index (χ1) is 15.7.